The summed E-state index contributed by atoms with van der Waals surface area (Å²) in [5.74, 6) is 1.54. The van der Waals surface area contributed by atoms with Crippen LogP contribution in [-0.4, -0.2) is 47.2 Å². The molecule has 1 aromatic heterocycles. The molecule has 0 bridgehead atoms. The molecule has 0 spiro atoms. The van der Waals surface area contributed by atoms with Gasteiger partial charge < -0.3 is 19.6 Å². The molecule has 22 heavy (non-hydrogen) atoms. The van der Waals surface area contributed by atoms with Crippen molar-refractivity contribution in [1.82, 2.24) is 9.88 Å². The average Bonchev–Trinajstić information content (AvgIpc) is 2.59. The standard InChI is InChI=1S/C16H17N3O3/c20-18-15(19-9-11-21-12-10-19)14-7-4-8-17-16(14)22-13-5-2-1-3-6-13/h1-8,20H,9-12H2/b18-15-. The minimum absolute atomic E-state index is 0.410. The zero-order valence-corrected chi connectivity index (χ0v) is 12.1. The van der Waals surface area contributed by atoms with Crippen LogP contribution in [0.15, 0.2) is 53.8 Å². The van der Waals surface area contributed by atoms with E-state index < -0.39 is 0 Å². The van der Waals surface area contributed by atoms with Crippen molar-refractivity contribution >= 4 is 5.84 Å². The fourth-order valence-electron chi connectivity index (χ4n) is 2.31. The minimum Gasteiger partial charge on any atom is -0.438 e. The quantitative estimate of drug-likeness (QED) is 0.408. The topological polar surface area (TPSA) is 67.2 Å². The fourth-order valence-corrected chi connectivity index (χ4v) is 2.31. The monoisotopic (exact) mass is 299 g/mol. The van der Waals surface area contributed by atoms with Crippen LogP contribution in [0.1, 0.15) is 5.56 Å². The number of ether oxygens (including phenoxy) is 2. The van der Waals surface area contributed by atoms with Crippen molar-refractivity contribution in [2.75, 3.05) is 26.3 Å². The van der Waals surface area contributed by atoms with Crippen molar-refractivity contribution in [3.8, 4) is 11.6 Å². The molecule has 1 aliphatic rings. The molecule has 1 saturated heterocycles. The average molecular weight is 299 g/mol. The second kappa shape index (κ2) is 6.91. The lowest BCUT2D eigenvalue weighted by atomic mass is 10.2. The van der Waals surface area contributed by atoms with E-state index in [1.165, 1.54) is 0 Å². The maximum atomic E-state index is 9.44. The Morgan fingerprint density at radius 2 is 1.91 bits per heavy atom. The number of morpholine rings is 1. The Balaban J connectivity index is 1.89. The number of hydrogen-bond acceptors (Lipinski definition) is 5. The highest BCUT2D eigenvalue weighted by atomic mass is 16.5. The van der Waals surface area contributed by atoms with Crippen LogP contribution in [0, 0.1) is 0 Å². The summed E-state index contributed by atoms with van der Waals surface area (Å²) in [4.78, 5) is 6.22. The zero-order chi connectivity index (χ0) is 15.2. The van der Waals surface area contributed by atoms with E-state index in [0.717, 1.165) is 0 Å². The molecule has 0 amide bonds. The van der Waals surface area contributed by atoms with E-state index >= 15 is 0 Å². The van der Waals surface area contributed by atoms with Gasteiger partial charge in [0.1, 0.15) is 5.75 Å². The normalized spacial score (nSPS) is 15.6. The number of amidine groups is 1. The van der Waals surface area contributed by atoms with Crippen LogP contribution < -0.4 is 4.74 Å². The van der Waals surface area contributed by atoms with Gasteiger partial charge in [0.15, 0.2) is 5.84 Å². The van der Waals surface area contributed by atoms with Crippen molar-refractivity contribution in [1.29, 1.82) is 0 Å². The molecule has 0 unspecified atom stereocenters. The van der Waals surface area contributed by atoms with E-state index in [1.54, 1.807) is 12.3 Å². The molecule has 1 aromatic carbocycles. The molecule has 1 N–H and O–H groups in total. The molecule has 1 fully saturated rings. The molecule has 6 nitrogen and oxygen atoms in total. The molecule has 0 aliphatic carbocycles. The van der Waals surface area contributed by atoms with Crippen LogP contribution in [0.4, 0.5) is 0 Å². The number of benzene rings is 1. The van der Waals surface area contributed by atoms with E-state index in [4.69, 9.17) is 9.47 Å². The molecule has 0 saturated carbocycles. The summed E-state index contributed by atoms with van der Waals surface area (Å²) < 4.78 is 11.2. The number of oxime groups is 1. The van der Waals surface area contributed by atoms with Gasteiger partial charge in [0.05, 0.1) is 18.8 Å². The molecule has 3 rings (SSSR count). The van der Waals surface area contributed by atoms with Gasteiger partial charge in [0.2, 0.25) is 5.88 Å². The smallest absolute Gasteiger partial charge is 0.230 e. The van der Waals surface area contributed by atoms with E-state index in [-0.39, 0.29) is 0 Å². The van der Waals surface area contributed by atoms with Gasteiger partial charge in [-0.1, -0.05) is 23.4 Å². The van der Waals surface area contributed by atoms with E-state index in [2.05, 4.69) is 10.1 Å². The Labute approximate surface area is 128 Å². The first-order chi connectivity index (χ1) is 10.9. The Morgan fingerprint density at radius 1 is 1.14 bits per heavy atom. The third-order valence-electron chi connectivity index (χ3n) is 3.38. The Morgan fingerprint density at radius 3 is 2.64 bits per heavy atom. The van der Waals surface area contributed by atoms with Crippen LogP contribution in [0.25, 0.3) is 0 Å². The Hall–Kier alpha value is -2.60. The van der Waals surface area contributed by atoms with E-state index in [0.29, 0.717) is 49.3 Å². The lowest BCUT2D eigenvalue weighted by Gasteiger charge is -2.29. The first-order valence-electron chi connectivity index (χ1n) is 7.11. The first kappa shape index (κ1) is 14.3. The minimum atomic E-state index is 0.410. The summed E-state index contributed by atoms with van der Waals surface area (Å²) in [5.41, 5.74) is 0.649. The number of hydrogen-bond donors (Lipinski definition) is 1. The number of pyridine rings is 1. The van der Waals surface area contributed by atoms with Crippen LogP contribution in [0.2, 0.25) is 0 Å². The number of para-hydroxylation sites is 1. The maximum Gasteiger partial charge on any atom is 0.230 e. The van der Waals surface area contributed by atoms with Gasteiger partial charge in [-0.05, 0) is 24.3 Å². The molecule has 1 aliphatic heterocycles. The van der Waals surface area contributed by atoms with Crippen molar-refractivity contribution in [2.45, 2.75) is 0 Å². The van der Waals surface area contributed by atoms with Gasteiger partial charge in [-0.15, -0.1) is 0 Å². The summed E-state index contributed by atoms with van der Waals surface area (Å²) in [6, 6.07) is 13.0. The van der Waals surface area contributed by atoms with Crippen molar-refractivity contribution in [3.05, 3.63) is 54.2 Å². The second-order valence-corrected chi connectivity index (χ2v) is 4.79. The predicted octanol–water partition coefficient (Wildman–Crippen LogP) is 2.34. The SMILES string of the molecule is O/N=C(/c1cccnc1Oc1ccccc1)N1CCOCC1. The first-order valence-corrected chi connectivity index (χ1v) is 7.11. The van der Waals surface area contributed by atoms with Crippen LogP contribution in [0.3, 0.4) is 0 Å². The number of nitrogens with zero attached hydrogens (tertiary/aromatic N) is 3. The molecule has 2 heterocycles. The molecular formula is C16H17N3O3. The highest BCUT2D eigenvalue weighted by Crippen LogP contribution is 2.24. The third-order valence-corrected chi connectivity index (χ3v) is 3.38. The molecule has 6 heteroatoms. The van der Waals surface area contributed by atoms with Gasteiger partial charge in [-0.2, -0.15) is 0 Å². The second-order valence-electron chi connectivity index (χ2n) is 4.79. The van der Waals surface area contributed by atoms with Crippen LogP contribution in [0.5, 0.6) is 11.6 Å². The van der Waals surface area contributed by atoms with Gasteiger partial charge in [-0.3, -0.25) is 0 Å². The molecular weight excluding hydrogens is 282 g/mol. The van der Waals surface area contributed by atoms with Gasteiger partial charge in [0.25, 0.3) is 0 Å². The van der Waals surface area contributed by atoms with Crippen molar-refractivity contribution in [3.63, 3.8) is 0 Å². The summed E-state index contributed by atoms with van der Waals surface area (Å²) in [7, 11) is 0. The van der Waals surface area contributed by atoms with Crippen molar-refractivity contribution < 1.29 is 14.7 Å². The van der Waals surface area contributed by atoms with Crippen LogP contribution >= 0.6 is 0 Å². The van der Waals surface area contributed by atoms with Gasteiger partial charge >= 0.3 is 0 Å². The fraction of sp³-hybridized carbons (Fsp3) is 0.250. The maximum absolute atomic E-state index is 9.44. The molecule has 0 atom stereocenters. The Bertz CT molecular complexity index is 640. The highest BCUT2D eigenvalue weighted by molar-refractivity contribution is 6.00. The Kier molecular flexibility index (Phi) is 4.50. The summed E-state index contributed by atoms with van der Waals surface area (Å²) >= 11 is 0. The summed E-state index contributed by atoms with van der Waals surface area (Å²) in [6.45, 7) is 2.54. The van der Waals surface area contributed by atoms with E-state index in [9.17, 15) is 5.21 Å². The largest absolute Gasteiger partial charge is 0.438 e. The molecule has 0 radical (unpaired) electrons. The van der Waals surface area contributed by atoms with Crippen LogP contribution in [-0.2, 0) is 4.74 Å². The number of rotatable bonds is 3. The molecule has 2 aromatic rings. The molecule has 114 valence electrons. The van der Waals surface area contributed by atoms with Crippen molar-refractivity contribution in [2.24, 2.45) is 5.16 Å². The third kappa shape index (κ3) is 3.17. The lowest BCUT2D eigenvalue weighted by molar-refractivity contribution is 0.0667. The lowest BCUT2D eigenvalue weighted by Crippen LogP contribution is -2.41. The van der Waals surface area contributed by atoms with Gasteiger partial charge in [-0.25, -0.2) is 4.98 Å². The summed E-state index contributed by atoms with van der Waals surface area (Å²) in [6.07, 6.45) is 1.65. The predicted molar refractivity (Wildman–Crippen MR) is 81.5 cm³/mol. The van der Waals surface area contributed by atoms with Gasteiger partial charge in [0, 0.05) is 19.3 Å². The van der Waals surface area contributed by atoms with E-state index in [1.807, 2.05) is 41.3 Å². The highest BCUT2D eigenvalue weighted by Gasteiger charge is 2.21. The number of aromatic nitrogens is 1. The summed E-state index contributed by atoms with van der Waals surface area (Å²) in [5, 5.41) is 12.9. The zero-order valence-electron chi connectivity index (χ0n) is 12.1.